The highest BCUT2D eigenvalue weighted by Crippen LogP contribution is 2.35. The summed E-state index contributed by atoms with van der Waals surface area (Å²) in [6.07, 6.45) is -4.14. The molecule has 1 heterocycles. The van der Waals surface area contributed by atoms with Crippen molar-refractivity contribution in [3.05, 3.63) is 23.3 Å². The fraction of sp³-hybridized carbons (Fsp3) is 0.455. The Labute approximate surface area is 102 Å². The number of aryl methyl sites for hydroxylation is 2. The number of thioether (sulfide) groups is 1. The van der Waals surface area contributed by atoms with Crippen molar-refractivity contribution in [1.29, 1.82) is 0 Å². The molecule has 1 fully saturated rings. The van der Waals surface area contributed by atoms with Gasteiger partial charge in [-0.3, -0.25) is 0 Å². The average molecular weight is 263 g/mol. The second-order valence-electron chi connectivity index (χ2n) is 3.94. The van der Waals surface area contributed by atoms with E-state index in [4.69, 9.17) is 4.84 Å². The number of nitrogens with zero attached hydrogens (tertiary/aromatic N) is 1. The molecule has 0 saturated carbocycles. The molecule has 0 unspecified atom stereocenters. The molecule has 2 rings (SSSR count). The third kappa shape index (κ3) is 3.29. The predicted molar refractivity (Wildman–Crippen MR) is 61.1 cm³/mol. The first kappa shape index (κ1) is 12.6. The van der Waals surface area contributed by atoms with Gasteiger partial charge in [0, 0.05) is 4.90 Å². The van der Waals surface area contributed by atoms with Crippen LogP contribution in [0.2, 0.25) is 0 Å². The third-order valence-corrected chi connectivity index (χ3v) is 3.63. The van der Waals surface area contributed by atoms with Crippen LogP contribution >= 0.6 is 11.8 Å². The van der Waals surface area contributed by atoms with Crippen molar-refractivity contribution in [3.63, 3.8) is 0 Å². The average Bonchev–Trinajstić information content (AvgIpc) is 2.98. The first-order valence-corrected chi connectivity index (χ1v) is 6.06. The van der Waals surface area contributed by atoms with Crippen LogP contribution in [0.15, 0.2) is 17.0 Å². The minimum Gasteiger partial charge on any atom is -0.247 e. The monoisotopic (exact) mass is 263 g/mol. The molecule has 1 aliphatic rings. The minimum atomic E-state index is -4.14. The summed E-state index contributed by atoms with van der Waals surface area (Å²) < 4.78 is 36.5. The van der Waals surface area contributed by atoms with Gasteiger partial charge in [0.15, 0.2) is 6.73 Å². The first-order chi connectivity index (χ1) is 7.87. The summed E-state index contributed by atoms with van der Waals surface area (Å²) in [6.45, 7) is 4.24. The largest absolute Gasteiger partial charge is 0.398 e. The molecule has 0 aliphatic carbocycles. The maximum atomic E-state index is 12.2. The van der Waals surface area contributed by atoms with E-state index in [0.29, 0.717) is 11.6 Å². The maximum Gasteiger partial charge on any atom is 0.398 e. The fourth-order valence-electron chi connectivity index (χ4n) is 1.57. The first-order valence-electron chi connectivity index (χ1n) is 5.08. The van der Waals surface area contributed by atoms with E-state index in [1.54, 1.807) is 11.1 Å². The van der Waals surface area contributed by atoms with Gasteiger partial charge in [-0.15, -0.1) is 11.8 Å². The number of hydrogen-bond acceptors (Lipinski definition) is 3. The van der Waals surface area contributed by atoms with Gasteiger partial charge >= 0.3 is 6.18 Å². The van der Waals surface area contributed by atoms with Gasteiger partial charge in [-0.25, -0.2) is 9.90 Å². The molecule has 0 atom stereocenters. The number of anilines is 1. The van der Waals surface area contributed by atoms with E-state index in [0.717, 1.165) is 28.6 Å². The van der Waals surface area contributed by atoms with Gasteiger partial charge in [0.1, 0.15) is 0 Å². The summed E-state index contributed by atoms with van der Waals surface area (Å²) in [7, 11) is 0. The van der Waals surface area contributed by atoms with Crippen molar-refractivity contribution in [2.24, 2.45) is 0 Å². The van der Waals surface area contributed by atoms with Crippen molar-refractivity contribution in [2.45, 2.75) is 24.9 Å². The molecule has 0 spiro atoms. The smallest absolute Gasteiger partial charge is 0.247 e. The number of rotatable bonds is 3. The standard InChI is InChI=1S/C11H12F3NOS/c1-7-3-8(2)10(17-5-11(12,13)14)4-9(7)15-6-16-15/h3-4H,5-6H2,1-2H3. The topological polar surface area (TPSA) is 15.5 Å². The zero-order valence-electron chi connectivity index (χ0n) is 9.47. The lowest BCUT2D eigenvalue weighted by molar-refractivity contribution is -0.105. The molecular formula is C11H12F3NOS. The second-order valence-corrected chi connectivity index (χ2v) is 4.96. The van der Waals surface area contributed by atoms with Crippen molar-refractivity contribution < 1.29 is 18.0 Å². The summed E-state index contributed by atoms with van der Waals surface area (Å²) >= 11 is 0.815. The number of hydrogen-bond donors (Lipinski definition) is 0. The van der Waals surface area contributed by atoms with Gasteiger partial charge < -0.3 is 0 Å². The Morgan fingerprint density at radius 2 is 1.94 bits per heavy atom. The lowest BCUT2D eigenvalue weighted by Gasteiger charge is -2.12. The Bertz CT molecular complexity index is 429. The van der Waals surface area contributed by atoms with Crippen molar-refractivity contribution in [1.82, 2.24) is 0 Å². The van der Waals surface area contributed by atoms with Crippen LogP contribution in [-0.2, 0) is 4.84 Å². The molecule has 1 saturated heterocycles. The molecule has 1 aromatic rings. The Morgan fingerprint density at radius 3 is 2.47 bits per heavy atom. The number of alkyl halides is 3. The molecule has 1 aliphatic heterocycles. The van der Waals surface area contributed by atoms with Gasteiger partial charge in [0.2, 0.25) is 0 Å². The minimum absolute atomic E-state index is 0.507. The van der Waals surface area contributed by atoms with Crippen LogP contribution in [0.3, 0.4) is 0 Å². The van der Waals surface area contributed by atoms with Crippen LogP contribution in [-0.4, -0.2) is 18.7 Å². The molecule has 6 heteroatoms. The Morgan fingerprint density at radius 1 is 1.29 bits per heavy atom. The lowest BCUT2D eigenvalue weighted by Crippen LogP contribution is -2.10. The van der Waals surface area contributed by atoms with Crippen LogP contribution in [0.5, 0.6) is 0 Å². The molecule has 0 radical (unpaired) electrons. The van der Waals surface area contributed by atoms with E-state index in [9.17, 15) is 13.2 Å². The highest BCUT2D eigenvalue weighted by molar-refractivity contribution is 7.99. The number of hydroxylamine groups is 1. The zero-order chi connectivity index (χ0) is 12.6. The highest BCUT2D eigenvalue weighted by Gasteiger charge is 2.28. The molecule has 17 heavy (non-hydrogen) atoms. The summed E-state index contributed by atoms with van der Waals surface area (Å²) in [6, 6.07) is 3.64. The molecule has 2 nitrogen and oxygen atoms in total. The van der Waals surface area contributed by atoms with Crippen LogP contribution in [0.4, 0.5) is 18.9 Å². The SMILES string of the molecule is Cc1cc(C)c(N2CO2)cc1SCC(F)(F)F. The van der Waals surface area contributed by atoms with Gasteiger partial charge in [-0.1, -0.05) is 6.07 Å². The van der Waals surface area contributed by atoms with Crippen LogP contribution in [0, 0.1) is 13.8 Å². The Balaban J connectivity index is 2.18. The maximum absolute atomic E-state index is 12.2. The quantitative estimate of drug-likeness (QED) is 0.611. The van der Waals surface area contributed by atoms with E-state index < -0.39 is 11.9 Å². The number of benzene rings is 1. The van der Waals surface area contributed by atoms with Crippen LogP contribution < -0.4 is 5.06 Å². The molecular weight excluding hydrogens is 251 g/mol. The van der Waals surface area contributed by atoms with Crippen molar-refractivity contribution in [3.8, 4) is 0 Å². The van der Waals surface area contributed by atoms with E-state index in [2.05, 4.69) is 0 Å². The molecule has 0 amide bonds. The van der Waals surface area contributed by atoms with Crippen molar-refractivity contribution in [2.75, 3.05) is 17.5 Å². The molecule has 0 bridgehead atoms. The van der Waals surface area contributed by atoms with Gasteiger partial charge in [-0.05, 0) is 31.0 Å². The van der Waals surface area contributed by atoms with Crippen LogP contribution in [0.1, 0.15) is 11.1 Å². The highest BCUT2D eigenvalue weighted by atomic mass is 32.2. The Kier molecular flexibility index (Phi) is 3.27. The summed E-state index contributed by atoms with van der Waals surface area (Å²) in [5.74, 6) is -0.864. The summed E-state index contributed by atoms with van der Waals surface area (Å²) in [5.41, 5.74) is 2.72. The van der Waals surface area contributed by atoms with E-state index in [1.807, 2.05) is 19.9 Å². The molecule has 94 valence electrons. The zero-order valence-corrected chi connectivity index (χ0v) is 10.3. The third-order valence-electron chi connectivity index (χ3n) is 2.41. The predicted octanol–water partition coefficient (Wildman–Crippen LogP) is 3.67. The van der Waals surface area contributed by atoms with E-state index >= 15 is 0 Å². The normalized spacial score (nSPS) is 15.2. The number of halogens is 3. The van der Waals surface area contributed by atoms with Gasteiger partial charge in [0.25, 0.3) is 0 Å². The van der Waals surface area contributed by atoms with Gasteiger partial charge in [-0.2, -0.15) is 13.2 Å². The second kappa shape index (κ2) is 4.42. The van der Waals surface area contributed by atoms with Crippen molar-refractivity contribution >= 4 is 17.4 Å². The van der Waals surface area contributed by atoms with E-state index in [1.165, 1.54) is 0 Å². The lowest BCUT2D eigenvalue weighted by atomic mass is 10.1. The van der Waals surface area contributed by atoms with Gasteiger partial charge in [0.05, 0.1) is 11.4 Å². The fourth-order valence-corrected chi connectivity index (χ4v) is 2.37. The summed E-state index contributed by atoms with van der Waals surface area (Å²) in [4.78, 5) is 5.67. The van der Waals surface area contributed by atoms with Crippen LogP contribution in [0.25, 0.3) is 0 Å². The Hall–Kier alpha value is -0.880. The van der Waals surface area contributed by atoms with E-state index in [-0.39, 0.29) is 0 Å². The molecule has 1 aromatic carbocycles. The molecule has 0 N–H and O–H groups in total. The molecule has 0 aromatic heterocycles. The summed E-state index contributed by atoms with van der Waals surface area (Å²) in [5, 5.41) is 1.66.